The van der Waals surface area contributed by atoms with Crippen LogP contribution < -0.4 is 9.64 Å². The van der Waals surface area contributed by atoms with E-state index in [1.165, 1.54) is 11.3 Å². The van der Waals surface area contributed by atoms with E-state index in [-0.39, 0.29) is 35.5 Å². The van der Waals surface area contributed by atoms with Crippen LogP contribution in [0.5, 0.6) is 5.75 Å². The van der Waals surface area contributed by atoms with E-state index < -0.39 is 0 Å². The summed E-state index contributed by atoms with van der Waals surface area (Å²) < 4.78 is 5.59. The van der Waals surface area contributed by atoms with Gasteiger partial charge in [0.25, 0.3) is 0 Å². The molecule has 3 fully saturated rings. The third-order valence-corrected chi connectivity index (χ3v) is 6.23. The molecule has 0 unspecified atom stereocenters. The summed E-state index contributed by atoms with van der Waals surface area (Å²) in [5.41, 5.74) is 0.677. The Morgan fingerprint density at radius 3 is 2.12 bits per heavy atom. The topological polar surface area (TPSA) is 46.6 Å². The fraction of sp³-hybridized carbons (Fsp3) is 0.500. The van der Waals surface area contributed by atoms with Crippen LogP contribution in [0.4, 0.5) is 5.69 Å². The van der Waals surface area contributed by atoms with Gasteiger partial charge >= 0.3 is 0 Å². The summed E-state index contributed by atoms with van der Waals surface area (Å²) in [6.45, 7) is 2.73. The lowest BCUT2D eigenvalue weighted by Crippen LogP contribution is -2.40. The second-order valence-corrected chi connectivity index (χ2v) is 7.51. The van der Waals surface area contributed by atoms with Crippen LogP contribution in [0.2, 0.25) is 0 Å². The molecule has 6 atom stereocenters. The lowest BCUT2D eigenvalue weighted by molar-refractivity contribution is -0.124. The lowest BCUT2D eigenvalue weighted by Gasteiger charge is -2.37. The van der Waals surface area contributed by atoms with Crippen molar-refractivity contribution in [3.05, 3.63) is 36.4 Å². The van der Waals surface area contributed by atoms with Crippen molar-refractivity contribution in [1.82, 2.24) is 0 Å². The highest BCUT2D eigenvalue weighted by molar-refractivity contribution is 6.22. The maximum Gasteiger partial charge on any atom is 0.238 e. The van der Waals surface area contributed by atoms with E-state index in [0.29, 0.717) is 24.1 Å². The van der Waals surface area contributed by atoms with Crippen molar-refractivity contribution >= 4 is 17.5 Å². The number of carbonyl (C=O) groups is 2. The summed E-state index contributed by atoms with van der Waals surface area (Å²) in [6, 6.07) is 7.35. The Morgan fingerprint density at radius 1 is 1.00 bits per heavy atom. The van der Waals surface area contributed by atoms with Crippen molar-refractivity contribution in [2.45, 2.75) is 19.8 Å². The Hall–Kier alpha value is -2.10. The molecule has 24 heavy (non-hydrogen) atoms. The average Bonchev–Trinajstić information content (AvgIpc) is 3.38. The average molecular weight is 323 g/mol. The number of allylic oxidation sites excluding steroid dienone is 2. The molecule has 1 saturated heterocycles. The molecule has 1 aromatic rings. The van der Waals surface area contributed by atoms with E-state index in [0.717, 1.165) is 12.2 Å². The van der Waals surface area contributed by atoms with Crippen LogP contribution in [-0.2, 0) is 9.59 Å². The molecule has 124 valence electrons. The third-order valence-electron chi connectivity index (χ3n) is 6.23. The number of rotatable bonds is 4. The minimum atomic E-state index is -0.132. The number of anilines is 1. The Morgan fingerprint density at radius 2 is 1.58 bits per heavy atom. The number of carbonyl (C=O) groups excluding carboxylic acids is 2. The van der Waals surface area contributed by atoms with E-state index in [2.05, 4.69) is 19.1 Å². The largest absolute Gasteiger partial charge is 0.494 e. The molecular weight excluding hydrogens is 302 g/mol. The number of hydrogen-bond acceptors (Lipinski definition) is 3. The van der Waals surface area contributed by atoms with Gasteiger partial charge in [-0.15, -0.1) is 0 Å². The first-order chi connectivity index (χ1) is 11.7. The summed E-state index contributed by atoms with van der Waals surface area (Å²) >= 11 is 0. The molecule has 1 aliphatic heterocycles. The molecular formula is C20H21NO3. The molecule has 6 rings (SSSR count). The van der Waals surface area contributed by atoms with Crippen LogP contribution in [0, 0.1) is 35.5 Å². The van der Waals surface area contributed by atoms with Crippen LogP contribution >= 0.6 is 0 Å². The van der Waals surface area contributed by atoms with Gasteiger partial charge in [0, 0.05) is 0 Å². The van der Waals surface area contributed by atoms with Crippen LogP contribution in [0.15, 0.2) is 36.4 Å². The molecule has 4 heteroatoms. The summed E-state index contributed by atoms with van der Waals surface area (Å²) in [5, 5.41) is 0. The van der Waals surface area contributed by atoms with Crippen molar-refractivity contribution in [2.24, 2.45) is 35.5 Å². The zero-order valence-electron chi connectivity index (χ0n) is 13.7. The van der Waals surface area contributed by atoms with Crippen LogP contribution in [0.3, 0.4) is 0 Å². The van der Waals surface area contributed by atoms with Crippen LogP contribution in [0.1, 0.15) is 19.8 Å². The number of nitrogens with zero attached hydrogens (tertiary/aromatic N) is 1. The minimum absolute atomic E-state index is 0.00285. The molecule has 1 aromatic carbocycles. The van der Waals surface area contributed by atoms with Gasteiger partial charge in [-0.05, 0) is 60.8 Å². The maximum atomic E-state index is 13.0. The molecule has 0 N–H and O–H groups in total. The molecule has 4 aliphatic carbocycles. The quantitative estimate of drug-likeness (QED) is 0.632. The van der Waals surface area contributed by atoms with Gasteiger partial charge in [-0.2, -0.15) is 0 Å². The first-order valence-electron chi connectivity index (χ1n) is 8.99. The van der Waals surface area contributed by atoms with Gasteiger partial charge in [-0.1, -0.05) is 19.1 Å². The van der Waals surface area contributed by atoms with Gasteiger partial charge in [0.1, 0.15) is 5.75 Å². The van der Waals surface area contributed by atoms with Gasteiger partial charge < -0.3 is 4.74 Å². The molecule has 1 heterocycles. The standard InChI is InChI=1S/C20H21NO3/c1-2-9-24-12-5-3-11(4-6-12)21-19(22)17-13-7-8-14(16-10-15(13)16)18(17)20(21)23/h3-8,13-18H,2,9-10H2,1H3/t13-,14+,15-,16-,17+,18-/m1/s1. The number of benzene rings is 1. The zero-order valence-corrected chi connectivity index (χ0v) is 13.7. The number of amides is 2. The van der Waals surface area contributed by atoms with Gasteiger partial charge in [-0.25, -0.2) is 0 Å². The Labute approximate surface area is 141 Å². The minimum Gasteiger partial charge on any atom is -0.494 e. The van der Waals surface area contributed by atoms with Gasteiger partial charge in [0.15, 0.2) is 0 Å². The second-order valence-electron chi connectivity index (χ2n) is 7.51. The molecule has 0 radical (unpaired) electrons. The first-order valence-corrected chi connectivity index (χ1v) is 8.99. The number of imide groups is 1. The van der Waals surface area contributed by atoms with Gasteiger partial charge in [0.05, 0.1) is 24.1 Å². The normalized spacial score (nSPS) is 38.3. The Kier molecular flexibility index (Phi) is 2.94. The SMILES string of the molecule is CCCOc1ccc(N2C(=O)[C@@H]3[C@H]4C=C[C@H]([C@H]5C[C@H]45)[C@@H]3C2=O)cc1. The highest BCUT2D eigenvalue weighted by Gasteiger charge is 2.67. The predicted octanol–water partition coefficient (Wildman–Crippen LogP) is 3.03. The second kappa shape index (κ2) is 4.95. The third kappa shape index (κ3) is 1.80. The Balaban J connectivity index is 1.44. The van der Waals surface area contributed by atoms with Crippen LogP contribution in [-0.4, -0.2) is 18.4 Å². The molecule has 4 nitrogen and oxygen atoms in total. The van der Waals surface area contributed by atoms with Crippen molar-refractivity contribution in [3.8, 4) is 5.75 Å². The van der Waals surface area contributed by atoms with E-state index in [9.17, 15) is 9.59 Å². The summed E-state index contributed by atoms with van der Waals surface area (Å²) in [5.74, 6) is 2.34. The fourth-order valence-electron chi connectivity index (χ4n) is 5.12. The van der Waals surface area contributed by atoms with Crippen molar-refractivity contribution in [2.75, 3.05) is 11.5 Å². The van der Waals surface area contributed by atoms with Crippen LogP contribution in [0.25, 0.3) is 0 Å². The van der Waals surface area contributed by atoms with Gasteiger partial charge in [0.2, 0.25) is 11.8 Å². The molecule has 5 aliphatic rings. The first kappa shape index (κ1) is 14.3. The van der Waals surface area contributed by atoms with Crippen molar-refractivity contribution in [1.29, 1.82) is 0 Å². The smallest absolute Gasteiger partial charge is 0.238 e. The highest BCUT2D eigenvalue weighted by atomic mass is 16.5. The van der Waals surface area contributed by atoms with E-state index in [1.807, 2.05) is 24.3 Å². The van der Waals surface area contributed by atoms with Gasteiger partial charge in [-0.3, -0.25) is 14.5 Å². The maximum absolute atomic E-state index is 13.0. The zero-order chi connectivity index (χ0) is 16.4. The summed E-state index contributed by atoms with van der Waals surface area (Å²) in [4.78, 5) is 27.4. The monoisotopic (exact) mass is 323 g/mol. The van der Waals surface area contributed by atoms with E-state index >= 15 is 0 Å². The summed E-state index contributed by atoms with van der Waals surface area (Å²) in [6.07, 6.45) is 6.55. The predicted molar refractivity (Wildman–Crippen MR) is 89.4 cm³/mol. The fourth-order valence-corrected chi connectivity index (χ4v) is 5.12. The molecule has 2 amide bonds. The molecule has 0 aromatic heterocycles. The molecule has 0 spiro atoms. The highest BCUT2D eigenvalue weighted by Crippen LogP contribution is 2.65. The molecule has 2 bridgehead atoms. The van der Waals surface area contributed by atoms with E-state index in [1.54, 1.807) is 0 Å². The summed E-state index contributed by atoms with van der Waals surface area (Å²) in [7, 11) is 0. The Bertz CT molecular complexity index is 702. The number of ether oxygens (including phenoxy) is 1. The number of hydrogen-bond donors (Lipinski definition) is 0. The molecule has 2 saturated carbocycles. The lowest BCUT2D eigenvalue weighted by atomic mass is 9.63. The van der Waals surface area contributed by atoms with Crippen molar-refractivity contribution in [3.63, 3.8) is 0 Å². The van der Waals surface area contributed by atoms with Crippen molar-refractivity contribution < 1.29 is 14.3 Å². The van der Waals surface area contributed by atoms with E-state index in [4.69, 9.17) is 4.74 Å².